The Morgan fingerprint density at radius 3 is 1.55 bits per heavy atom. The summed E-state index contributed by atoms with van der Waals surface area (Å²) in [6.07, 6.45) is 40.9. The third kappa shape index (κ3) is 37.2. The minimum atomic E-state index is -0.807. The van der Waals surface area contributed by atoms with Gasteiger partial charge in [0.05, 0.1) is 12.7 Å². The Balaban J connectivity index is 3.60. The van der Waals surface area contributed by atoms with Crippen molar-refractivity contribution < 1.29 is 29.3 Å². The van der Waals surface area contributed by atoms with E-state index in [1.807, 2.05) is 18.2 Å². The summed E-state index contributed by atoms with van der Waals surface area (Å²) in [6, 6.07) is 0. The van der Waals surface area contributed by atoms with Gasteiger partial charge < -0.3 is 19.7 Å². The Labute approximate surface area is 302 Å². The van der Waals surface area contributed by atoms with Crippen molar-refractivity contribution in [3.05, 3.63) is 36.5 Å². The predicted octanol–water partition coefficient (Wildman–Crippen LogP) is 11.7. The lowest BCUT2D eigenvalue weighted by atomic mass is 10.0. The third-order valence-corrected chi connectivity index (χ3v) is 8.98. The molecule has 0 radical (unpaired) electrons. The Bertz CT molecular complexity index is 817. The molecule has 0 aromatic rings. The van der Waals surface area contributed by atoms with Gasteiger partial charge in [0.15, 0.2) is 6.10 Å². The molecule has 0 spiro atoms. The summed E-state index contributed by atoms with van der Waals surface area (Å²) in [5, 5.41) is 19.6. The van der Waals surface area contributed by atoms with Crippen LogP contribution in [0.25, 0.3) is 0 Å². The smallest absolute Gasteiger partial charge is 0.306 e. The molecule has 0 bridgehead atoms. The van der Waals surface area contributed by atoms with Crippen LogP contribution < -0.4 is 0 Å². The number of aliphatic hydroxyl groups is 2. The molecular formula is C43H78O6. The van der Waals surface area contributed by atoms with Gasteiger partial charge in [-0.2, -0.15) is 0 Å². The van der Waals surface area contributed by atoms with Crippen molar-refractivity contribution in [1.29, 1.82) is 0 Å². The fourth-order valence-corrected chi connectivity index (χ4v) is 5.86. The number of carbonyl (C=O) groups is 2. The molecule has 0 aromatic carbocycles. The second-order valence-electron chi connectivity index (χ2n) is 14.4. The van der Waals surface area contributed by atoms with Crippen LogP contribution in [0.15, 0.2) is 36.5 Å². The standard InChI is InChI=1S/C43H78O6/c1-4-5-6-7-18-23-28-33-40(45)34-29-24-21-26-31-36-43(47)49-41(37-44)38-48-42(46)35-30-25-20-17-15-13-11-9-8-10-12-14-16-19-22-27-32-39(2)3/h5-6,18,23,28,33,39-41,44-45H,4,7-17,19-22,24-27,29-32,34-38H2,1-3H3/b6-5+,23-18+,33-28+/t40?,41-/m0/s1. The monoisotopic (exact) mass is 691 g/mol. The average molecular weight is 691 g/mol. The fraction of sp³-hybridized carbons (Fsp3) is 0.814. The van der Waals surface area contributed by atoms with E-state index in [-0.39, 0.29) is 31.6 Å². The molecule has 6 heteroatoms. The SMILES string of the molecule is CC/C=C/C/C=C/C=C/C(O)CCCCCCCC(=O)O[C@@H](CO)COC(=O)CCCCCCCCCCCCCCCCCCC(C)C. The number of allylic oxidation sites excluding steroid dienone is 5. The molecule has 0 aliphatic heterocycles. The van der Waals surface area contributed by atoms with Crippen LogP contribution in [-0.4, -0.2) is 47.6 Å². The van der Waals surface area contributed by atoms with E-state index >= 15 is 0 Å². The van der Waals surface area contributed by atoms with Gasteiger partial charge in [-0.05, 0) is 38.0 Å². The van der Waals surface area contributed by atoms with Gasteiger partial charge in [0, 0.05) is 12.8 Å². The van der Waals surface area contributed by atoms with Crippen LogP contribution in [0.5, 0.6) is 0 Å². The first-order valence-corrected chi connectivity index (χ1v) is 20.5. The minimum Gasteiger partial charge on any atom is -0.462 e. The highest BCUT2D eigenvalue weighted by Crippen LogP contribution is 2.16. The van der Waals surface area contributed by atoms with E-state index in [0.717, 1.165) is 76.5 Å². The van der Waals surface area contributed by atoms with Crippen molar-refractivity contribution in [2.45, 2.75) is 206 Å². The van der Waals surface area contributed by atoms with Gasteiger partial charge in [0.1, 0.15) is 6.61 Å². The van der Waals surface area contributed by atoms with Crippen molar-refractivity contribution in [2.75, 3.05) is 13.2 Å². The Morgan fingerprint density at radius 1 is 0.592 bits per heavy atom. The maximum Gasteiger partial charge on any atom is 0.306 e. The molecule has 0 aromatic heterocycles. The van der Waals surface area contributed by atoms with Gasteiger partial charge >= 0.3 is 11.9 Å². The van der Waals surface area contributed by atoms with Gasteiger partial charge in [-0.1, -0.05) is 186 Å². The highest BCUT2D eigenvalue weighted by atomic mass is 16.6. The molecule has 2 N–H and O–H groups in total. The van der Waals surface area contributed by atoms with Crippen molar-refractivity contribution in [2.24, 2.45) is 5.92 Å². The van der Waals surface area contributed by atoms with Crippen molar-refractivity contribution in [1.82, 2.24) is 0 Å². The molecule has 0 heterocycles. The van der Waals surface area contributed by atoms with Crippen LogP contribution in [0.2, 0.25) is 0 Å². The Kier molecular flexibility index (Phi) is 35.9. The molecule has 0 saturated heterocycles. The number of hydrogen-bond donors (Lipinski definition) is 2. The largest absolute Gasteiger partial charge is 0.462 e. The normalized spacial score (nSPS) is 13.3. The van der Waals surface area contributed by atoms with Crippen LogP contribution in [-0.2, 0) is 19.1 Å². The van der Waals surface area contributed by atoms with E-state index in [9.17, 15) is 19.8 Å². The first-order valence-electron chi connectivity index (χ1n) is 20.5. The van der Waals surface area contributed by atoms with Crippen molar-refractivity contribution in [3.8, 4) is 0 Å². The number of esters is 2. The molecule has 6 nitrogen and oxygen atoms in total. The van der Waals surface area contributed by atoms with Gasteiger partial charge in [-0.15, -0.1) is 0 Å². The van der Waals surface area contributed by atoms with Crippen LogP contribution in [0.3, 0.4) is 0 Å². The van der Waals surface area contributed by atoms with E-state index in [1.54, 1.807) is 0 Å². The van der Waals surface area contributed by atoms with Crippen LogP contribution in [0, 0.1) is 5.92 Å². The van der Waals surface area contributed by atoms with Gasteiger partial charge in [0.25, 0.3) is 0 Å². The van der Waals surface area contributed by atoms with Crippen LogP contribution in [0.1, 0.15) is 194 Å². The van der Waals surface area contributed by atoms with Gasteiger partial charge in [0.2, 0.25) is 0 Å². The summed E-state index contributed by atoms with van der Waals surface area (Å²) in [5.41, 5.74) is 0. The second-order valence-corrected chi connectivity index (χ2v) is 14.4. The van der Waals surface area contributed by atoms with E-state index in [4.69, 9.17) is 9.47 Å². The highest BCUT2D eigenvalue weighted by Gasteiger charge is 2.16. The maximum absolute atomic E-state index is 12.2. The fourth-order valence-electron chi connectivity index (χ4n) is 5.86. The number of unbranched alkanes of at least 4 members (excludes halogenated alkanes) is 19. The second kappa shape index (κ2) is 37.3. The Morgan fingerprint density at radius 2 is 1.06 bits per heavy atom. The molecule has 0 saturated carbocycles. The molecule has 1 unspecified atom stereocenters. The third-order valence-electron chi connectivity index (χ3n) is 8.98. The number of aliphatic hydroxyl groups excluding tert-OH is 2. The molecule has 0 aliphatic carbocycles. The summed E-state index contributed by atoms with van der Waals surface area (Å²) in [7, 11) is 0. The Hall–Kier alpha value is -1.92. The highest BCUT2D eigenvalue weighted by molar-refractivity contribution is 5.70. The first-order chi connectivity index (χ1) is 23.9. The van der Waals surface area contributed by atoms with Crippen LogP contribution >= 0.6 is 0 Å². The van der Waals surface area contributed by atoms with E-state index in [2.05, 4.69) is 39.0 Å². The molecule has 0 amide bonds. The number of ether oxygens (including phenoxy) is 2. The van der Waals surface area contributed by atoms with Gasteiger partial charge in [-0.3, -0.25) is 9.59 Å². The van der Waals surface area contributed by atoms with Gasteiger partial charge in [-0.25, -0.2) is 0 Å². The molecule has 2 atom stereocenters. The molecule has 286 valence electrons. The maximum atomic E-state index is 12.2. The summed E-state index contributed by atoms with van der Waals surface area (Å²) in [5.74, 6) is 0.190. The van der Waals surface area contributed by atoms with E-state index in [1.165, 1.54) is 89.9 Å². The van der Waals surface area contributed by atoms with E-state index in [0.29, 0.717) is 6.42 Å². The lowest BCUT2D eigenvalue weighted by Gasteiger charge is -2.15. The van der Waals surface area contributed by atoms with E-state index < -0.39 is 12.2 Å². The summed E-state index contributed by atoms with van der Waals surface area (Å²) in [4.78, 5) is 24.3. The lowest BCUT2D eigenvalue weighted by molar-refractivity contribution is -0.161. The zero-order chi connectivity index (χ0) is 36.0. The summed E-state index contributed by atoms with van der Waals surface area (Å²) < 4.78 is 10.6. The first kappa shape index (κ1) is 47.1. The van der Waals surface area contributed by atoms with Crippen molar-refractivity contribution in [3.63, 3.8) is 0 Å². The minimum absolute atomic E-state index is 0.0953. The number of rotatable bonds is 36. The topological polar surface area (TPSA) is 93.1 Å². The summed E-state index contributed by atoms with van der Waals surface area (Å²) >= 11 is 0. The lowest BCUT2D eigenvalue weighted by Crippen LogP contribution is -2.28. The number of hydrogen-bond acceptors (Lipinski definition) is 6. The molecule has 0 rings (SSSR count). The average Bonchev–Trinajstić information content (AvgIpc) is 3.08. The molecular weight excluding hydrogens is 612 g/mol. The molecule has 0 aliphatic rings. The quantitative estimate of drug-likeness (QED) is 0.0294. The zero-order valence-electron chi connectivity index (χ0n) is 32.2. The van der Waals surface area contributed by atoms with Crippen LogP contribution in [0.4, 0.5) is 0 Å². The number of carbonyl (C=O) groups excluding carboxylic acids is 2. The molecule has 49 heavy (non-hydrogen) atoms. The molecule has 0 fully saturated rings. The van der Waals surface area contributed by atoms with Crippen molar-refractivity contribution >= 4 is 11.9 Å². The predicted molar refractivity (Wildman–Crippen MR) is 207 cm³/mol. The zero-order valence-corrected chi connectivity index (χ0v) is 32.2. The summed E-state index contributed by atoms with van der Waals surface area (Å²) in [6.45, 7) is 6.29.